The lowest BCUT2D eigenvalue weighted by molar-refractivity contribution is 0.0193. The van der Waals surface area contributed by atoms with Gasteiger partial charge in [-0.25, -0.2) is 4.79 Å². The van der Waals surface area contributed by atoms with Crippen LogP contribution in [0.1, 0.15) is 32.8 Å². The van der Waals surface area contributed by atoms with Crippen LogP contribution in [-0.2, 0) is 11.3 Å². The molecule has 1 heterocycles. The van der Waals surface area contributed by atoms with Gasteiger partial charge in [-0.3, -0.25) is 0 Å². The zero-order valence-corrected chi connectivity index (χ0v) is 13.7. The topological polar surface area (TPSA) is 41.6 Å². The third kappa shape index (κ3) is 3.61. The lowest BCUT2D eigenvalue weighted by atomic mass is 10.1. The summed E-state index contributed by atoms with van der Waals surface area (Å²) in [6, 6.07) is 10.6. The zero-order chi connectivity index (χ0) is 15.7. The van der Waals surface area contributed by atoms with Crippen molar-refractivity contribution in [2.75, 3.05) is 13.1 Å². The number of hydrogen-bond donors (Lipinski definition) is 1. The van der Waals surface area contributed by atoms with E-state index in [-0.39, 0.29) is 12.1 Å². The van der Waals surface area contributed by atoms with Crippen LogP contribution in [0.15, 0.2) is 30.3 Å². The number of rotatable bonds is 4. The third-order valence-electron chi connectivity index (χ3n) is 4.46. The SMILES string of the molecule is CC(C)(C)OC(=O)N1CC2CC2C1CNCc1ccccc1. The van der Waals surface area contributed by atoms with E-state index in [0.717, 1.165) is 19.6 Å². The average molecular weight is 302 g/mol. The second-order valence-corrected chi connectivity index (χ2v) is 7.48. The van der Waals surface area contributed by atoms with E-state index in [1.54, 1.807) is 0 Å². The minimum Gasteiger partial charge on any atom is -0.444 e. The number of likely N-dealkylation sites (tertiary alicyclic amines) is 1. The van der Waals surface area contributed by atoms with Crippen LogP contribution in [0.3, 0.4) is 0 Å². The van der Waals surface area contributed by atoms with Crippen LogP contribution in [0.2, 0.25) is 0 Å². The van der Waals surface area contributed by atoms with E-state index in [2.05, 4.69) is 29.6 Å². The highest BCUT2D eigenvalue weighted by molar-refractivity contribution is 5.69. The summed E-state index contributed by atoms with van der Waals surface area (Å²) in [6.45, 7) is 8.31. The molecule has 2 aliphatic rings. The van der Waals surface area contributed by atoms with Crippen molar-refractivity contribution in [1.82, 2.24) is 10.2 Å². The molecule has 1 aliphatic heterocycles. The molecule has 3 atom stereocenters. The molecule has 1 amide bonds. The van der Waals surface area contributed by atoms with Gasteiger partial charge in [-0.05, 0) is 44.6 Å². The normalized spacial score (nSPS) is 26.7. The van der Waals surface area contributed by atoms with Crippen molar-refractivity contribution in [1.29, 1.82) is 0 Å². The number of ether oxygens (including phenoxy) is 1. The van der Waals surface area contributed by atoms with Gasteiger partial charge in [0.05, 0.1) is 6.04 Å². The van der Waals surface area contributed by atoms with E-state index in [4.69, 9.17) is 4.74 Å². The minimum absolute atomic E-state index is 0.161. The molecule has 2 fully saturated rings. The Kier molecular flexibility index (Phi) is 4.13. The molecule has 1 saturated heterocycles. The van der Waals surface area contributed by atoms with Gasteiger partial charge in [-0.15, -0.1) is 0 Å². The van der Waals surface area contributed by atoms with E-state index in [1.165, 1.54) is 12.0 Å². The molecule has 0 spiro atoms. The van der Waals surface area contributed by atoms with Crippen LogP contribution in [0, 0.1) is 11.8 Å². The lowest BCUT2D eigenvalue weighted by Crippen LogP contribution is -2.46. The Morgan fingerprint density at radius 3 is 2.73 bits per heavy atom. The fourth-order valence-electron chi connectivity index (χ4n) is 3.32. The smallest absolute Gasteiger partial charge is 0.410 e. The predicted molar refractivity (Wildman–Crippen MR) is 86.5 cm³/mol. The quantitative estimate of drug-likeness (QED) is 0.929. The Balaban J connectivity index is 1.53. The van der Waals surface area contributed by atoms with E-state index < -0.39 is 5.60 Å². The summed E-state index contributed by atoms with van der Waals surface area (Å²) in [5, 5.41) is 3.50. The van der Waals surface area contributed by atoms with Crippen LogP contribution in [-0.4, -0.2) is 35.7 Å². The Morgan fingerprint density at radius 1 is 1.32 bits per heavy atom. The first-order valence-corrected chi connectivity index (χ1v) is 8.18. The van der Waals surface area contributed by atoms with Crippen molar-refractivity contribution in [2.24, 2.45) is 11.8 Å². The van der Waals surface area contributed by atoms with Crippen molar-refractivity contribution in [3.63, 3.8) is 0 Å². The number of fused-ring (bicyclic) bond motifs is 1. The Morgan fingerprint density at radius 2 is 2.05 bits per heavy atom. The Bertz CT molecular complexity index is 524. The second kappa shape index (κ2) is 5.92. The number of carbonyl (C=O) groups excluding carboxylic acids is 1. The summed E-state index contributed by atoms with van der Waals surface area (Å²) in [4.78, 5) is 14.3. The van der Waals surface area contributed by atoms with Gasteiger partial charge in [0.25, 0.3) is 0 Å². The van der Waals surface area contributed by atoms with Crippen LogP contribution in [0.4, 0.5) is 4.79 Å². The number of hydrogen-bond acceptors (Lipinski definition) is 3. The van der Waals surface area contributed by atoms with E-state index >= 15 is 0 Å². The molecule has 120 valence electrons. The maximum Gasteiger partial charge on any atom is 0.410 e. The molecular formula is C18H26N2O2. The summed E-state index contributed by atoms with van der Waals surface area (Å²) in [7, 11) is 0. The molecule has 0 radical (unpaired) electrons. The van der Waals surface area contributed by atoms with Gasteiger partial charge >= 0.3 is 6.09 Å². The Labute approximate surface area is 132 Å². The molecule has 3 unspecified atom stereocenters. The summed E-state index contributed by atoms with van der Waals surface area (Å²) in [5.74, 6) is 1.35. The minimum atomic E-state index is -0.425. The first kappa shape index (κ1) is 15.3. The molecule has 1 aromatic rings. The van der Waals surface area contributed by atoms with Crippen LogP contribution in [0.5, 0.6) is 0 Å². The van der Waals surface area contributed by atoms with Crippen LogP contribution >= 0.6 is 0 Å². The second-order valence-electron chi connectivity index (χ2n) is 7.48. The number of benzene rings is 1. The van der Waals surface area contributed by atoms with Crippen molar-refractivity contribution in [3.05, 3.63) is 35.9 Å². The largest absolute Gasteiger partial charge is 0.444 e. The highest BCUT2D eigenvalue weighted by atomic mass is 16.6. The molecule has 1 aliphatic carbocycles. The van der Waals surface area contributed by atoms with E-state index in [9.17, 15) is 4.79 Å². The standard InChI is InChI=1S/C18H26N2O2/c1-18(2,3)22-17(21)20-12-14-9-15(14)16(20)11-19-10-13-7-5-4-6-8-13/h4-8,14-16,19H,9-12H2,1-3H3. The fourth-order valence-corrected chi connectivity index (χ4v) is 3.32. The lowest BCUT2D eigenvalue weighted by Gasteiger charge is -2.30. The zero-order valence-electron chi connectivity index (χ0n) is 13.7. The number of nitrogens with one attached hydrogen (secondary N) is 1. The summed E-state index contributed by atoms with van der Waals surface area (Å²) in [6.07, 6.45) is 1.10. The van der Waals surface area contributed by atoms with Gasteiger partial charge in [-0.1, -0.05) is 30.3 Å². The van der Waals surface area contributed by atoms with Gasteiger partial charge in [0.15, 0.2) is 0 Å². The van der Waals surface area contributed by atoms with Crippen molar-refractivity contribution in [2.45, 2.75) is 45.4 Å². The molecule has 22 heavy (non-hydrogen) atoms. The summed E-state index contributed by atoms with van der Waals surface area (Å²) >= 11 is 0. The highest BCUT2D eigenvalue weighted by Crippen LogP contribution is 2.49. The Hall–Kier alpha value is -1.55. The predicted octanol–water partition coefficient (Wildman–Crippen LogP) is 3.03. The summed E-state index contributed by atoms with van der Waals surface area (Å²) in [5.41, 5.74) is 0.850. The maximum absolute atomic E-state index is 12.3. The van der Waals surface area contributed by atoms with Gasteiger partial charge in [0.2, 0.25) is 0 Å². The monoisotopic (exact) mass is 302 g/mol. The third-order valence-corrected chi connectivity index (χ3v) is 4.46. The summed E-state index contributed by atoms with van der Waals surface area (Å²) < 4.78 is 5.54. The number of carbonyl (C=O) groups is 1. The first-order chi connectivity index (χ1) is 10.4. The number of amides is 1. The fraction of sp³-hybridized carbons (Fsp3) is 0.611. The van der Waals surface area contributed by atoms with Gasteiger partial charge in [0, 0.05) is 19.6 Å². The molecule has 1 aromatic carbocycles. The van der Waals surface area contributed by atoms with Gasteiger partial charge in [0.1, 0.15) is 5.60 Å². The molecule has 0 bridgehead atoms. The van der Waals surface area contributed by atoms with E-state index in [0.29, 0.717) is 11.8 Å². The molecule has 4 nitrogen and oxygen atoms in total. The van der Waals surface area contributed by atoms with Crippen molar-refractivity contribution >= 4 is 6.09 Å². The van der Waals surface area contributed by atoms with Crippen molar-refractivity contribution < 1.29 is 9.53 Å². The van der Waals surface area contributed by atoms with Gasteiger partial charge < -0.3 is 15.0 Å². The number of nitrogens with zero attached hydrogens (tertiary/aromatic N) is 1. The molecule has 1 N–H and O–H groups in total. The molecule has 1 saturated carbocycles. The first-order valence-electron chi connectivity index (χ1n) is 8.18. The molecule has 3 rings (SSSR count). The van der Waals surface area contributed by atoms with Crippen LogP contribution < -0.4 is 5.32 Å². The average Bonchev–Trinajstić information content (AvgIpc) is 3.13. The maximum atomic E-state index is 12.3. The molecule has 0 aromatic heterocycles. The van der Waals surface area contributed by atoms with E-state index in [1.807, 2.05) is 31.7 Å². The molecule has 4 heteroatoms. The number of piperidine rings is 1. The molecular weight excluding hydrogens is 276 g/mol. The highest BCUT2D eigenvalue weighted by Gasteiger charge is 2.54. The van der Waals surface area contributed by atoms with Gasteiger partial charge in [-0.2, -0.15) is 0 Å². The van der Waals surface area contributed by atoms with Crippen LogP contribution in [0.25, 0.3) is 0 Å². The van der Waals surface area contributed by atoms with Crippen molar-refractivity contribution in [3.8, 4) is 0 Å².